The van der Waals surface area contributed by atoms with Crippen LogP contribution in [-0.2, 0) is 26.1 Å². The highest BCUT2D eigenvalue weighted by molar-refractivity contribution is 7.92. The molecular formula is C24H20FN3O6S2. The van der Waals surface area contributed by atoms with Crippen LogP contribution in [0.15, 0.2) is 76.6 Å². The van der Waals surface area contributed by atoms with Crippen molar-refractivity contribution < 1.29 is 31.9 Å². The molecule has 4 rings (SSSR count). The first-order valence-electron chi connectivity index (χ1n) is 10.4. The molecule has 0 unspecified atom stereocenters. The second-order valence-corrected chi connectivity index (χ2v) is 10.1. The lowest BCUT2D eigenvalue weighted by molar-refractivity contribution is -0.141. The molecule has 0 aliphatic heterocycles. The summed E-state index contributed by atoms with van der Waals surface area (Å²) < 4.78 is 53.1. The van der Waals surface area contributed by atoms with E-state index in [1.807, 2.05) is 0 Å². The average Bonchev–Trinajstić information content (AvgIpc) is 3.19. The van der Waals surface area contributed by atoms with Crippen molar-refractivity contribution >= 4 is 49.1 Å². The van der Waals surface area contributed by atoms with Crippen LogP contribution in [0.2, 0.25) is 0 Å². The van der Waals surface area contributed by atoms with Crippen LogP contribution in [0.3, 0.4) is 0 Å². The average molecular weight is 530 g/mol. The van der Waals surface area contributed by atoms with E-state index in [9.17, 15) is 22.4 Å². The number of halogens is 1. The molecule has 0 aliphatic rings. The summed E-state index contributed by atoms with van der Waals surface area (Å²) in [5.41, 5.74) is 0.970. The predicted molar refractivity (Wildman–Crippen MR) is 132 cm³/mol. The van der Waals surface area contributed by atoms with Crippen molar-refractivity contribution in [3.63, 3.8) is 0 Å². The summed E-state index contributed by atoms with van der Waals surface area (Å²) in [6.07, 6.45) is 0. The van der Waals surface area contributed by atoms with Gasteiger partial charge in [-0.1, -0.05) is 11.3 Å². The molecule has 0 atom stereocenters. The molecule has 1 N–H and O–H groups in total. The Balaban J connectivity index is 1.60. The molecule has 0 radical (unpaired) electrons. The van der Waals surface area contributed by atoms with E-state index in [4.69, 9.17) is 9.47 Å². The first-order chi connectivity index (χ1) is 17.2. The third-order valence-electron chi connectivity index (χ3n) is 5.11. The largest absolute Gasteiger partial charge is 0.497 e. The third kappa shape index (κ3) is 5.44. The van der Waals surface area contributed by atoms with Crippen LogP contribution >= 0.6 is 11.3 Å². The number of amides is 1. The molecular weight excluding hydrogens is 509 g/mol. The zero-order valence-corrected chi connectivity index (χ0v) is 20.7. The second kappa shape index (κ2) is 10.3. The highest BCUT2D eigenvalue weighted by Crippen LogP contribution is 2.21. The Morgan fingerprint density at radius 2 is 1.72 bits per heavy atom. The maximum absolute atomic E-state index is 13.7. The number of ether oxygens (including phenoxy) is 2. The second-order valence-electron chi connectivity index (χ2n) is 7.43. The van der Waals surface area contributed by atoms with Gasteiger partial charge in [-0.15, -0.1) is 0 Å². The summed E-state index contributed by atoms with van der Waals surface area (Å²) in [4.78, 5) is 29.1. The Morgan fingerprint density at radius 3 is 2.36 bits per heavy atom. The topological polar surface area (TPSA) is 116 Å². The van der Waals surface area contributed by atoms with Crippen LogP contribution in [0.5, 0.6) is 5.75 Å². The number of hydrogen-bond acceptors (Lipinski definition) is 7. The van der Waals surface area contributed by atoms with E-state index in [-0.39, 0.29) is 27.5 Å². The van der Waals surface area contributed by atoms with Gasteiger partial charge < -0.3 is 14.0 Å². The normalized spacial score (nSPS) is 11.9. The van der Waals surface area contributed by atoms with Gasteiger partial charge in [0.25, 0.3) is 15.9 Å². The molecule has 0 saturated heterocycles. The van der Waals surface area contributed by atoms with Crippen molar-refractivity contribution in [2.45, 2.75) is 11.4 Å². The van der Waals surface area contributed by atoms with Gasteiger partial charge in [-0.3, -0.25) is 14.3 Å². The van der Waals surface area contributed by atoms with Crippen molar-refractivity contribution in [3.05, 3.63) is 82.9 Å². The van der Waals surface area contributed by atoms with Gasteiger partial charge in [-0.2, -0.15) is 4.99 Å². The van der Waals surface area contributed by atoms with E-state index < -0.39 is 27.7 Å². The van der Waals surface area contributed by atoms with E-state index >= 15 is 0 Å². The summed E-state index contributed by atoms with van der Waals surface area (Å²) in [7, 11) is -1.13. The van der Waals surface area contributed by atoms with E-state index in [1.54, 1.807) is 0 Å². The molecule has 0 saturated carbocycles. The molecule has 3 aromatic carbocycles. The molecule has 0 spiro atoms. The highest BCUT2D eigenvalue weighted by atomic mass is 32.2. The van der Waals surface area contributed by atoms with Crippen LogP contribution in [0, 0.1) is 5.82 Å². The number of thiazole rings is 1. The Hall–Kier alpha value is -4.03. The highest BCUT2D eigenvalue weighted by Gasteiger charge is 2.16. The van der Waals surface area contributed by atoms with Crippen molar-refractivity contribution in [3.8, 4) is 5.75 Å². The fraction of sp³-hybridized carbons (Fsp3) is 0.125. The lowest BCUT2D eigenvalue weighted by Crippen LogP contribution is -2.22. The fourth-order valence-electron chi connectivity index (χ4n) is 3.28. The summed E-state index contributed by atoms with van der Waals surface area (Å²) >= 11 is 1.05. The van der Waals surface area contributed by atoms with Gasteiger partial charge in [0.05, 0.1) is 29.3 Å². The number of carbonyl (C=O) groups is 2. The van der Waals surface area contributed by atoms with Crippen LogP contribution < -0.4 is 14.3 Å². The van der Waals surface area contributed by atoms with Gasteiger partial charge in [0.15, 0.2) is 4.80 Å². The summed E-state index contributed by atoms with van der Waals surface area (Å²) in [5, 5.41) is 0. The Labute approximate surface area is 209 Å². The van der Waals surface area contributed by atoms with E-state index in [0.717, 1.165) is 11.3 Å². The van der Waals surface area contributed by atoms with Gasteiger partial charge >= 0.3 is 5.97 Å². The maximum atomic E-state index is 13.7. The number of aromatic nitrogens is 1. The number of carbonyl (C=O) groups excluding carboxylic acids is 2. The molecule has 12 heteroatoms. The molecule has 1 amide bonds. The van der Waals surface area contributed by atoms with Gasteiger partial charge in [-0.05, 0) is 66.7 Å². The minimum atomic E-state index is -3.85. The number of nitrogens with one attached hydrogen (secondary N) is 1. The lowest BCUT2D eigenvalue weighted by Gasteiger charge is -2.09. The van der Waals surface area contributed by atoms with Gasteiger partial charge in [-0.25, -0.2) is 12.8 Å². The van der Waals surface area contributed by atoms with Crippen molar-refractivity contribution in [2.75, 3.05) is 18.9 Å². The molecule has 0 aliphatic carbocycles. The van der Waals surface area contributed by atoms with E-state index in [2.05, 4.69) is 9.71 Å². The molecule has 1 heterocycles. The Kier molecular flexibility index (Phi) is 7.17. The summed E-state index contributed by atoms with van der Waals surface area (Å²) in [6, 6.07) is 15.7. The Morgan fingerprint density at radius 1 is 1.03 bits per heavy atom. The molecule has 0 bridgehead atoms. The number of anilines is 1. The standard InChI is InChI=1S/C24H20FN3O6S2/c1-33-18-8-10-19(11-9-18)36(31,32)27-17-6-3-15(4-7-17)23(30)26-24-28(14-22(29)34-2)20-12-5-16(25)13-21(20)35-24/h3-13,27H,14H2,1-2H3. The summed E-state index contributed by atoms with van der Waals surface area (Å²) in [5.74, 6) is -1.11. The number of sulfonamides is 1. The van der Waals surface area contributed by atoms with E-state index in [1.165, 1.54) is 85.5 Å². The molecule has 0 fully saturated rings. The predicted octanol–water partition coefficient (Wildman–Crippen LogP) is 3.57. The van der Waals surface area contributed by atoms with Gasteiger partial charge in [0.2, 0.25) is 0 Å². The fourth-order valence-corrected chi connectivity index (χ4v) is 5.39. The van der Waals surface area contributed by atoms with Crippen LogP contribution in [0.4, 0.5) is 10.1 Å². The number of benzene rings is 3. The minimum absolute atomic E-state index is 0.0508. The number of rotatable bonds is 7. The van der Waals surface area contributed by atoms with Gasteiger partial charge in [0, 0.05) is 11.3 Å². The number of nitrogens with zero attached hydrogens (tertiary/aromatic N) is 2. The van der Waals surface area contributed by atoms with Crippen LogP contribution in [0.25, 0.3) is 10.2 Å². The third-order valence-corrected chi connectivity index (χ3v) is 7.55. The van der Waals surface area contributed by atoms with Crippen LogP contribution in [0.1, 0.15) is 10.4 Å². The van der Waals surface area contributed by atoms with Crippen molar-refractivity contribution in [1.82, 2.24) is 4.57 Å². The molecule has 36 heavy (non-hydrogen) atoms. The first kappa shape index (κ1) is 25.1. The Bertz CT molecular complexity index is 1610. The molecule has 1 aromatic heterocycles. The number of esters is 1. The zero-order chi connectivity index (χ0) is 25.9. The van der Waals surface area contributed by atoms with Crippen molar-refractivity contribution in [2.24, 2.45) is 4.99 Å². The zero-order valence-electron chi connectivity index (χ0n) is 19.1. The SMILES string of the molecule is COC(=O)Cn1c(=NC(=O)c2ccc(NS(=O)(=O)c3ccc(OC)cc3)cc2)sc2cc(F)ccc21. The number of fused-ring (bicyclic) bond motifs is 1. The van der Waals surface area contributed by atoms with E-state index in [0.29, 0.717) is 16.0 Å². The van der Waals surface area contributed by atoms with Crippen LogP contribution in [-0.4, -0.2) is 39.1 Å². The number of hydrogen-bond donors (Lipinski definition) is 1. The summed E-state index contributed by atoms with van der Waals surface area (Å²) in [6.45, 7) is -0.208. The quantitative estimate of drug-likeness (QED) is 0.366. The smallest absolute Gasteiger partial charge is 0.325 e. The molecule has 186 valence electrons. The van der Waals surface area contributed by atoms with Gasteiger partial charge in [0.1, 0.15) is 18.1 Å². The monoisotopic (exact) mass is 529 g/mol. The molecule has 9 nitrogen and oxygen atoms in total. The minimum Gasteiger partial charge on any atom is -0.497 e. The lowest BCUT2D eigenvalue weighted by atomic mass is 10.2. The van der Waals surface area contributed by atoms with Crippen molar-refractivity contribution in [1.29, 1.82) is 0 Å². The first-order valence-corrected chi connectivity index (χ1v) is 12.7. The molecule has 4 aromatic rings. The maximum Gasteiger partial charge on any atom is 0.325 e. The number of methoxy groups -OCH3 is 2.